The summed E-state index contributed by atoms with van der Waals surface area (Å²) >= 11 is 0. The van der Waals surface area contributed by atoms with Crippen molar-refractivity contribution >= 4 is 10.0 Å². The molecule has 0 saturated heterocycles. The zero-order valence-corrected chi connectivity index (χ0v) is 13.0. The third-order valence-electron chi connectivity index (χ3n) is 4.08. The van der Waals surface area contributed by atoms with Crippen molar-refractivity contribution in [1.82, 2.24) is 10.0 Å². The summed E-state index contributed by atoms with van der Waals surface area (Å²) in [6.07, 6.45) is 4.76. The van der Waals surface area contributed by atoms with E-state index in [4.69, 9.17) is 4.42 Å². The van der Waals surface area contributed by atoms with Crippen LogP contribution in [0.2, 0.25) is 0 Å². The molecule has 0 bridgehead atoms. The first kappa shape index (κ1) is 15.5. The highest BCUT2D eigenvalue weighted by Gasteiger charge is 2.25. The third kappa shape index (κ3) is 3.84. The lowest BCUT2D eigenvalue weighted by Crippen LogP contribution is -2.33. The summed E-state index contributed by atoms with van der Waals surface area (Å²) in [7, 11) is -1.73. The molecule has 0 radical (unpaired) electrons. The molecule has 1 heterocycles. The Balaban J connectivity index is 1.95. The fourth-order valence-corrected chi connectivity index (χ4v) is 3.80. The molecule has 6 heteroatoms. The Kier molecular flexibility index (Phi) is 5.23. The van der Waals surface area contributed by atoms with E-state index >= 15 is 0 Å². The van der Waals surface area contributed by atoms with Crippen molar-refractivity contribution in [3.05, 3.63) is 17.9 Å². The van der Waals surface area contributed by atoms with Crippen molar-refractivity contribution in [2.45, 2.75) is 44.2 Å². The van der Waals surface area contributed by atoms with Crippen molar-refractivity contribution in [1.29, 1.82) is 0 Å². The molecule has 1 aromatic rings. The predicted molar refractivity (Wildman–Crippen MR) is 77.8 cm³/mol. The van der Waals surface area contributed by atoms with Gasteiger partial charge in [-0.1, -0.05) is 26.2 Å². The molecule has 1 aliphatic carbocycles. The van der Waals surface area contributed by atoms with E-state index in [0.29, 0.717) is 30.7 Å². The third-order valence-corrected chi connectivity index (χ3v) is 5.37. The quantitative estimate of drug-likeness (QED) is 0.844. The maximum atomic E-state index is 12.2. The molecule has 114 valence electrons. The van der Waals surface area contributed by atoms with Gasteiger partial charge in [0.05, 0.1) is 6.54 Å². The highest BCUT2D eigenvalue weighted by Crippen LogP contribution is 2.29. The van der Waals surface area contributed by atoms with E-state index in [9.17, 15) is 8.42 Å². The summed E-state index contributed by atoms with van der Waals surface area (Å²) < 4.78 is 32.4. The molecular formula is C14H24N2O3S. The van der Waals surface area contributed by atoms with Crippen LogP contribution in [-0.2, 0) is 16.6 Å². The fourth-order valence-electron chi connectivity index (χ4n) is 2.76. The number of hydrogen-bond acceptors (Lipinski definition) is 4. The van der Waals surface area contributed by atoms with E-state index < -0.39 is 10.0 Å². The van der Waals surface area contributed by atoms with Crippen molar-refractivity contribution < 1.29 is 12.8 Å². The molecule has 0 spiro atoms. The summed E-state index contributed by atoms with van der Waals surface area (Å²) in [4.78, 5) is 0. The summed E-state index contributed by atoms with van der Waals surface area (Å²) in [5.41, 5.74) is 0. The lowest BCUT2D eigenvalue weighted by atomic mass is 9.81. The van der Waals surface area contributed by atoms with Crippen LogP contribution >= 0.6 is 0 Å². The minimum absolute atomic E-state index is 0.00575. The zero-order chi connectivity index (χ0) is 14.6. The van der Waals surface area contributed by atoms with Crippen LogP contribution < -0.4 is 10.0 Å². The number of hydrogen-bond donors (Lipinski definition) is 2. The second-order valence-electron chi connectivity index (χ2n) is 5.62. The van der Waals surface area contributed by atoms with E-state index in [2.05, 4.69) is 17.0 Å². The van der Waals surface area contributed by atoms with Gasteiger partial charge in [0.15, 0.2) is 0 Å². The summed E-state index contributed by atoms with van der Waals surface area (Å²) in [6.45, 7) is 3.23. The van der Waals surface area contributed by atoms with Crippen LogP contribution in [0.3, 0.4) is 0 Å². The van der Waals surface area contributed by atoms with E-state index in [1.165, 1.54) is 25.3 Å². The molecule has 0 aromatic carbocycles. The maximum absolute atomic E-state index is 12.2. The smallest absolute Gasteiger partial charge is 0.273 e. The first-order valence-electron chi connectivity index (χ1n) is 7.26. The average Bonchev–Trinajstić information content (AvgIpc) is 2.88. The van der Waals surface area contributed by atoms with Crippen LogP contribution in [0.4, 0.5) is 0 Å². The van der Waals surface area contributed by atoms with Gasteiger partial charge >= 0.3 is 0 Å². The van der Waals surface area contributed by atoms with Gasteiger partial charge in [0.1, 0.15) is 5.76 Å². The molecule has 1 aromatic heterocycles. The zero-order valence-electron chi connectivity index (χ0n) is 12.2. The molecule has 0 aliphatic heterocycles. The SMILES string of the molecule is CNCc1ccc(S(=O)(=O)NCC2CCCCC2C)o1. The Morgan fingerprint density at radius 1 is 1.30 bits per heavy atom. The average molecular weight is 300 g/mol. The Hall–Kier alpha value is -0.850. The number of sulfonamides is 1. The van der Waals surface area contributed by atoms with Crippen LogP contribution in [0.15, 0.2) is 21.6 Å². The molecule has 1 aliphatic rings. The molecule has 2 atom stereocenters. The van der Waals surface area contributed by atoms with Gasteiger partial charge in [-0.05, 0) is 37.4 Å². The lowest BCUT2D eigenvalue weighted by molar-refractivity contribution is 0.257. The first-order valence-corrected chi connectivity index (χ1v) is 8.74. The molecule has 1 fully saturated rings. The maximum Gasteiger partial charge on any atom is 0.273 e. The largest absolute Gasteiger partial charge is 0.447 e. The normalized spacial score (nSPS) is 23.9. The summed E-state index contributed by atoms with van der Waals surface area (Å²) in [6, 6.07) is 3.20. The minimum Gasteiger partial charge on any atom is -0.447 e. The Bertz CT molecular complexity index is 524. The van der Waals surface area contributed by atoms with Crippen LogP contribution in [-0.4, -0.2) is 22.0 Å². The van der Waals surface area contributed by atoms with Crippen LogP contribution in [0.5, 0.6) is 0 Å². The molecular weight excluding hydrogens is 276 g/mol. The van der Waals surface area contributed by atoms with Crippen molar-refractivity contribution in [2.75, 3.05) is 13.6 Å². The van der Waals surface area contributed by atoms with Gasteiger partial charge in [-0.3, -0.25) is 0 Å². The van der Waals surface area contributed by atoms with E-state index in [-0.39, 0.29) is 5.09 Å². The van der Waals surface area contributed by atoms with Gasteiger partial charge in [0, 0.05) is 6.54 Å². The monoisotopic (exact) mass is 300 g/mol. The van der Waals surface area contributed by atoms with Gasteiger partial charge in [-0.15, -0.1) is 0 Å². The highest BCUT2D eigenvalue weighted by molar-refractivity contribution is 7.89. The first-order chi connectivity index (χ1) is 9.53. The van der Waals surface area contributed by atoms with Crippen molar-refractivity contribution in [3.63, 3.8) is 0 Å². The molecule has 2 unspecified atom stereocenters. The second kappa shape index (κ2) is 6.74. The molecule has 2 rings (SSSR count). The Labute approximate surface area is 121 Å². The summed E-state index contributed by atoms with van der Waals surface area (Å²) in [5.74, 6) is 1.65. The highest BCUT2D eigenvalue weighted by atomic mass is 32.2. The summed E-state index contributed by atoms with van der Waals surface area (Å²) in [5, 5.41) is 2.94. The molecule has 1 saturated carbocycles. The van der Waals surface area contributed by atoms with Gasteiger partial charge in [0.2, 0.25) is 5.09 Å². The topological polar surface area (TPSA) is 71.3 Å². The Morgan fingerprint density at radius 2 is 2.05 bits per heavy atom. The number of rotatable bonds is 6. The minimum atomic E-state index is -3.53. The van der Waals surface area contributed by atoms with Crippen molar-refractivity contribution in [3.8, 4) is 0 Å². The van der Waals surface area contributed by atoms with Crippen LogP contribution in [0.1, 0.15) is 38.4 Å². The predicted octanol–water partition coefficient (Wildman–Crippen LogP) is 2.10. The number of furan rings is 1. The van der Waals surface area contributed by atoms with Crippen LogP contribution in [0, 0.1) is 11.8 Å². The molecule has 0 amide bonds. The van der Waals surface area contributed by atoms with Gasteiger partial charge in [0.25, 0.3) is 10.0 Å². The number of nitrogens with one attached hydrogen (secondary N) is 2. The fraction of sp³-hybridized carbons (Fsp3) is 0.714. The lowest BCUT2D eigenvalue weighted by Gasteiger charge is -2.28. The Morgan fingerprint density at radius 3 is 2.75 bits per heavy atom. The molecule has 20 heavy (non-hydrogen) atoms. The standard InChI is InChI=1S/C14H24N2O3S/c1-11-5-3-4-6-12(11)9-16-20(17,18)14-8-7-13(19-14)10-15-2/h7-8,11-12,15-16H,3-6,9-10H2,1-2H3. The van der Waals surface area contributed by atoms with E-state index in [1.54, 1.807) is 13.1 Å². The van der Waals surface area contributed by atoms with E-state index in [0.717, 1.165) is 6.42 Å². The molecule has 5 nitrogen and oxygen atoms in total. The van der Waals surface area contributed by atoms with Gasteiger partial charge in [-0.2, -0.15) is 0 Å². The van der Waals surface area contributed by atoms with Gasteiger partial charge < -0.3 is 9.73 Å². The van der Waals surface area contributed by atoms with Crippen molar-refractivity contribution in [2.24, 2.45) is 11.8 Å². The van der Waals surface area contributed by atoms with Gasteiger partial charge in [-0.25, -0.2) is 13.1 Å². The molecule has 2 N–H and O–H groups in total. The van der Waals surface area contributed by atoms with E-state index in [1.807, 2.05) is 0 Å². The van der Waals surface area contributed by atoms with Crippen LogP contribution in [0.25, 0.3) is 0 Å². The second-order valence-corrected chi connectivity index (χ2v) is 7.32.